The number of nitrogens with one attached hydrogen (secondary N) is 2. The number of amides is 2. The van der Waals surface area contributed by atoms with Crippen LogP contribution in [0.25, 0.3) is 0 Å². The number of ether oxygens (including phenoxy) is 3. The Bertz CT molecular complexity index is 831. The molecule has 2 rings (SSSR count). The average Bonchev–Trinajstić information content (AvgIpc) is 2.72. The van der Waals surface area contributed by atoms with Gasteiger partial charge in [0.2, 0.25) is 11.8 Å². The van der Waals surface area contributed by atoms with Crippen LogP contribution in [0, 0.1) is 5.41 Å². The minimum Gasteiger partial charge on any atom is -0.497 e. The van der Waals surface area contributed by atoms with Crippen molar-refractivity contribution in [3.63, 3.8) is 0 Å². The van der Waals surface area contributed by atoms with Gasteiger partial charge in [0, 0.05) is 12.2 Å². The van der Waals surface area contributed by atoms with Crippen molar-refractivity contribution < 1.29 is 23.8 Å². The van der Waals surface area contributed by atoms with E-state index in [2.05, 4.69) is 10.6 Å². The Morgan fingerprint density at radius 2 is 1.50 bits per heavy atom. The molecule has 2 N–H and O–H groups in total. The summed E-state index contributed by atoms with van der Waals surface area (Å²) in [4.78, 5) is 25.2. The number of rotatable bonds is 8. The lowest BCUT2D eigenvalue weighted by Gasteiger charge is -2.23. The Labute approximate surface area is 165 Å². The van der Waals surface area contributed by atoms with Gasteiger partial charge in [-0.2, -0.15) is 0 Å². The highest BCUT2D eigenvalue weighted by atomic mass is 16.5. The maximum absolute atomic E-state index is 12.6. The predicted molar refractivity (Wildman–Crippen MR) is 107 cm³/mol. The van der Waals surface area contributed by atoms with Crippen molar-refractivity contribution in [1.29, 1.82) is 0 Å². The molecule has 0 atom stereocenters. The second-order valence-corrected chi connectivity index (χ2v) is 6.68. The molecule has 0 saturated heterocycles. The molecule has 0 aliphatic rings. The monoisotopic (exact) mass is 386 g/mol. The fourth-order valence-electron chi connectivity index (χ4n) is 2.46. The van der Waals surface area contributed by atoms with Crippen LogP contribution in [0.5, 0.6) is 17.2 Å². The third kappa shape index (κ3) is 4.94. The minimum atomic E-state index is -1.25. The van der Waals surface area contributed by atoms with Gasteiger partial charge in [0.05, 0.1) is 21.3 Å². The van der Waals surface area contributed by atoms with Crippen molar-refractivity contribution >= 4 is 17.5 Å². The molecule has 0 aliphatic heterocycles. The van der Waals surface area contributed by atoms with Crippen molar-refractivity contribution in [2.24, 2.45) is 5.41 Å². The Morgan fingerprint density at radius 3 is 2.07 bits per heavy atom. The first-order valence-corrected chi connectivity index (χ1v) is 8.76. The lowest BCUT2D eigenvalue weighted by molar-refractivity contribution is -0.138. The van der Waals surface area contributed by atoms with Crippen LogP contribution in [0.3, 0.4) is 0 Å². The number of hydrogen-bond donors (Lipinski definition) is 2. The fraction of sp³-hybridized carbons (Fsp3) is 0.333. The summed E-state index contributed by atoms with van der Waals surface area (Å²) in [5, 5.41) is 5.55. The number of benzene rings is 2. The normalized spacial score (nSPS) is 10.8. The third-order valence-corrected chi connectivity index (χ3v) is 4.38. The van der Waals surface area contributed by atoms with Gasteiger partial charge in [0.1, 0.15) is 11.2 Å². The fourth-order valence-corrected chi connectivity index (χ4v) is 2.46. The van der Waals surface area contributed by atoms with Gasteiger partial charge in [0.15, 0.2) is 11.5 Å². The summed E-state index contributed by atoms with van der Waals surface area (Å²) in [6, 6.07) is 12.3. The molecular formula is C21H26N2O5. The second-order valence-electron chi connectivity index (χ2n) is 6.68. The van der Waals surface area contributed by atoms with Crippen molar-refractivity contribution in [2.45, 2.75) is 20.4 Å². The summed E-state index contributed by atoms with van der Waals surface area (Å²) in [6.45, 7) is 3.42. The quantitative estimate of drug-likeness (QED) is 0.681. The smallest absolute Gasteiger partial charge is 0.239 e. The van der Waals surface area contributed by atoms with Crippen LogP contribution in [0.15, 0.2) is 42.5 Å². The molecular weight excluding hydrogens is 360 g/mol. The second kappa shape index (κ2) is 9.12. The van der Waals surface area contributed by atoms with E-state index in [0.717, 1.165) is 5.56 Å². The SMILES string of the molecule is COc1ccc(NC(=O)C(C)(C)C(=O)NCc2ccc(OC)c(OC)c2)cc1. The lowest BCUT2D eigenvalue weighted by atomic mass is 9.90. The maximum Gasteiger partial charge on any atom is 0.239 e. The minimum absolute atomic E-state index is 0.262. The molecule has 2 aromatic rings. The van der Waals surface area contributed by atoms with E-state index in [1.165, 1.54) is 0 Å². The molecule has 2 amide bonds. The highest BCUT2D eigenvalue weighted by molar-refractivity contribution is 6.09. The van der Waals surface area contributed by atoms with E-state index < -0.39 is 11.3 Å². The number of carbonyl (C=O) groups excluding carboxylic acids is 2. The van der Waals surface area contributed by atoms with E-state index in [1.54, 1.807) is 71.6 Å². The molecule has 2 aromatic carbocycles. The zero-order valence-corrected chi connectivity index (χ0v) is 16.8. The molecule has 0 aromatic heterocycles. The predicted octanol–water partition coefficient (Wildman–Crippen LogP) is 2.99. The first-order valence-electron chi connectivity index (χ1n) is 8.76. The van der Waals surface area contributed by atoms with Gasteiger partial charge in [-0.25, -0.2) is 0 Å². The third-order valence-electron chi connectivity index (χ3n) is 4.38. The number of carbonyl (C=O) groups is 2. The lowest BCUT2D eigenvalue weighted by Crippen LogP contribution is -2.44. The van der Waals surface area contributed by atoms with Gasteiger partial charge in [-0.15, -0.1) is 0 Å². The van der Waals surface area contributed by atoms with Crippen molar-refractivity contribution in [3.8, 4) is 17.2 Å². The molecule has 7 heteroatoms. The first-order chi connectivity index (χ1) is 13.3. The van der Waals surface area contributed by atoms with Crippen LogP contribution < -0.4 is 24.8 Å². The largest absolute Gasteiger partial charge is 0.497 e. The highest BCUT2D eigenvalue weighted by Gasteiger charge is 2.36. The summed E-state index contributed by atoms with van der Waals surface area (Å²) < 4.78 is 15.6. The summed E-state index contributed by atoms with van der Waals surface area (Å²) >= 11 is 0. The first kappa shape index (κ1) is 21.1. The van der Waals surface area contributed by atoms with Gasteiger partial charge in [-0.3, -0.25) is 9.59 Å². The summed E-state index contributed by atoms with van der Waals surface area (Å²) in [5.41, 5.74) is 0.167. The standard InChI is InChI=1S/C21H26N2O5/c1-21(2,20(25)23-15-7-9-16(26-3)10-8-15)19(24)22-13-14-6-11-17(27-4)18(12-14)28-5/h6-12H,13H2,1-5H3,(H,22,24)(H,23,25). The Hall–Kier alpha value is -3.22. The van der Waals surface area contributed by atoms with E-state index in [-0.39, 0.29) is 12.5 Å². The topological polar surface area (TPSA) is 85.9 Å². The van der Waals surface area contributed by atoms with E-state index in [9.17, 15) is 9.59 Å². The van der Waals surface area contributed by atoms with Gasteiger partial charge in [-0.1, -0.05) is 6.07 Å². The van der Waals surface area contributed by atoms with Crippen molar-refractivity contribution in [2.75, 3.05) is 26.6 Å². The molecule has 7 nitrogen and oxygen atoms in total. The number of anilines is 1. The van der Waals surface area contributed by atoms with Crippen LogP contribution in [0.1, 0.15) is 19.4 Å². The van der Waals surface area contributed by atoms with Crippen LogP contribution in [0.2, 0.25) is 0 Å². The Balaban J connectivity index is 2.00. The van der Waals surface area contributed by atoms with Crippen LogP contribution in [-0.2, 0) is 16.1 Å². The number of hydrogen-bond acceptors (Lipinski definition) is 5. The average molecular weight is 386 g/mol. The molecule has 0 radical (unpaired) electrons. The Kier molecular flexibility index (Phi) is 6.87. The van der Waals surface area contributed by atoms with Crippen molar-refractivity contribution in [1.82, 2.24) is 5.32 Å². The molecule has 28 heavy (non-hydrogen) atoms. The molecule has 0 saturated carbocycles. The molecule has 0 fully saturated rings. The summed E-state index contributed by atoms with van der Waals surface area (Å²) in [6.07, 6.45) is 0. The molecule has 0 aliphatic carbocycles. The molecule has 0 spiro atoms. The molecule has 0 heterocycles. The summed E-state index contributed by atoms with van der Waals surface area (Å²) in [7, 11) is 4.68. The maximum atomic E-state index is 12.6. The van der Waals surface area contributed by atoms with Crippen LogP contribution in [-0.4, -0.2) is 33.1 Å². The molecule has 150 valence electrons. The summed E-state index contributed by atoms with van der Waals surface area (Å²) in [5.74, 6) is 1.09. The zero-order valence-electron chi connectivity index (χ0n) is 16.8. The van der Waals surface area contributed by atoms with E-state index in [1.807, 2.05) is 6.07 Å². The Morgan fingerprint density at radius 1 is 0.857 bits per heavy atom. The van der Waals surface area contributed by atoms with Gasteiger partial charge in [0.25, 0.3) is 0 Å². The van der Waals surface area contributed by atoms with Gasteiger partial charge < -0.3 is 24.8 Å². The van der Waals surface area contributed by atoms with Crippen LogP contribution in [0.4, 0.5) is 5.69 Å². The zero-order chi connectivity index (χ0) is 20.7. The van der Waals surface area contributed by atoms with Gasteiger partial charge in [-0.05, 0) is 55.8 Å². The van der Waals surface area contributed by atoms with E-state index >= 15 is 0 Å². The molecule has 0 bridgehead atoms. The molecule has 0 unspecified atom stereocenters. The van der Waals surface area contributed by atoms with E-state index in [0.29, 0.717) is 22.9 Å². The van der Waals surface area contributed by atoms with Crippen molar-refractivity contribution in [3.05, 3.63) is 48.0 Å². The highest BCUT2D eigenvalue weighted by Crippen LogP contribution is 2.27. The van der Waals surface area contributed by atoms with E-state index in [4.69, 9.17) is 14.2 Å². The number of methoxy groups -OCH3 is 3. The van der Waals surface area contributed by atoms with Crippen LogP contribution >= 0.6 is 0 Å². The van der Waals surface area contributed by atoms with Gasteiger partial charge >= 0.3 is 0 Å².